The predicted octanol–water partition coefficient (Wildman–Crippen LogP) is 2.48. The minimum atomic E-state index is -0.786. The number of carbonyl (C=O) groups excluding carboxylic acids is 3. The zero-order valence-corrected chi connectivity index (χ0v) is 15.7. The highest BCUT2D eigenvalue weighted by Gasteiger charge is 2.34. The molecule has 146 valence electrons. The first-order valence-electron chi connectivity index (χ1n) is 9.09. The fourth-order valence-electron chi connectivity index (χ4n) is 3.36. The van der Waals surface area contributed by atoms with Crippen molar-refractivity contribution in [3.05, 3.63) is 65.7 Å². The Balaban J connectivity index is 1.64. The van der Waals surface area contributed by atoms with Crippen molar-refractivity contribution in [1.29, 1.82) is 0 Å². The van der Waals surface area contributed by atoms with E-state index in [0.29, 0.717) is 22.8 Å². The average Bonchev–Trinajstić information content (AvgIpc) is 3.05. The van der Waals surface area contributed by atoms with Crippen LogP contribution < -0.4 is 16.4 Å². The first-order valence-corrected chi connectivity index (χ1v) is 9.09. The molecule has 1 aliphatic rings. The van der Waals surface area contributed by atoms with Gasteiger partial charge < -0.3 is 16.4 Å². The second kappa shape index (κ2) is 7.23. The highest BCUT2D eigenvalue weighted by Crippen LogP contribution is 2.34. The van der Waals surface area contributed by atoms with Crippen molar-refractivity contribution in [2.75, 3.05) is 10.6 Å². The number of nitrogens with two attached hydrogens (primary N) is 1. The molecule has 1 unspecified atom stereocenters. The minimum absolute atomic E-state index is 0.0203. The van der Waals surface area contributed by atoms with Crippen LogP contribution in [0, 0.1) is 6.92 Å². The predicted molar refractivity (Wildman–Crippen MR) is 108 cm³/mol. The lowest BCUT2D eigenvalue weighted by Crippen LogP contribution is -2.35. The van der Waals surface area contributed by atoms with Gasteiger partial charge in [0.15, 0.2) is 0 Å². The van der Waals surface area contributed by atoms with Gasteiger partial charge in [0.25, 0.3) is 0 Å². The number of primary amides is 1. The summed E-state index contributed by atoms with van der Waals surface area (Å²) in [5, 5.41) is 10.2. The van der Waals surface area contributed by atoms with Crippen LogP contribution in [-0.4, -0.2) is 27.5 Å². The first-order chi connectivity index (χ1) is 13.9. The molecule has 3 amide bonds. The molecule has 8 nitrogen and oxygen atoms in total. The van der Waals surface area contributed by atoms with E-state index in [1.807, 2.05) is 37.3 Å². The Bertz CT molecular complexity index is 1100. The van der Waals surface area contributed by atoms with Crippen molar-refractivity contribution in [1.82, 2.24) is 9.78 Å². The number of nitrogens with zero attached hydrogens (tertiary/aromatic N) is 2. The normalized spacial score (nSPS) is 15.3. The molecule has 0 spiro atoms. The summed E-state index contributed by atoms with van der Waals surface area (Å²) >= 11 is 0. The molecule has 0 radical (unpaired) electrons. The Hall–Kier alpha value is -3.94. The number of aromatic nitrogens is 2. The van der Waals surface area contributed by atoms with Crippen molar-refractivity contribution < 1.29 is 14.4 Å². The third-order valence-electron chi connectivity index (χ3n) is 4.87. The number of amides is 3. The van der Waals surface area contributed by atoms with Crippen LogP contribution in [0.1, 0.15) is 28.4 Å². The fraction of sp³-hybridized carbons (Fsp3) is 0.143. The summed E-state index contributed by atoms with van der Waals surface area (Å²) in [6.07, 6.45) is -0.0203. The van der Waals surface area contributed by atoms with Crippen LogP contribution in [0.15, 0.2) is 54.6 Å². The monoisotopic (exact) mass is 389 g/mol. The largest absolute Gasteiger partial charge is 0.366 e. The van der Waals surface area contributed by atoms with Gasteiger partial charge in [0.2, 0.25) is 17.7 Å². The number of carbonyl (C=O) groups is 3. The van der Waals surface area contributed by atoms with Gasteiger partial charge in [-0.3, -0.25) is 14.4 Å². The summed E-state index contributed by atoms with van der Waals surface area (Å²) < 4.78 is 1.56. The summed E-state index contributed by atoms with van der Waals surface area (Å²) in [6.45, 7) is 1.87. The van der Waals surface area contributed by atoms with Crippen molar-refractivity contribution in [3.8, 4) is 11.3 Å². The van der Waals surface area contributed by atoms with E-state index in [1.54, 1.807) is 16.8 Å². The SMILES string of the molecule is Cc1c(-c2ccccc2)nn2c1NC(=O)CC2C(=O)Nc1ccc(C(N)=O)cc1. The van der Waals surface area contributed by atoms with E-state index in [2.05, 4.69) is 15.7 Å². The molecule has 2 heterocycles. The van der Waals surface area contributed by atoms with Crippen LogP contribution in [0.3, 0.4) is 0 Å². The molecule has 0 saturated carbocycles. The standard InChI is InChI=1S/C21H19N5O3/c1-12-18(13-5-3-2-4-6-13)25-26-16(11-17(27)24-20(12)26)21(29)23-15-9-7-14(8-10-15)19(22)28/h2-10,16H,11H2,1H3,(H2,22,28)(H,23,29)(H,24,27). The number of benzene rings is 2. The van der Waals surface area contributed by atoms with E-state index in [0.717, 1.165) is 11.1 Å². The van der Waals surface area contributed by atoms with Gasteiger partial charge in [0.1, 0.15) is 11.9 Å². The Kier molecular flexibility index (Phi) is 4.59. The maximum absolute atomic E-state index is 12.9. The number of hydrogen-bond acceptors (Lipinski definition) is 4. The lowest BCUT2D eigenvalue weighted by Gasteiger charge is -2.24. The molecule has 3 aromatic rings. The Morgan fingerprint density at radius 1 is 1.14 bits per heavy atom. The third-order valence-corrected chi connectivity index (χ3v) is 4.87. The average molecular weight is 389 g/mol. The van der Waals surface area contributed by atoms with E-state index in [9.17, 15) is 14.4 Å². The van der Waals surface area contributed by atoms with Gasteiger partial charge in [0, 0.05) is 22.4 Å². The van der Waals surface area contributed by atoms with Crippen molar-refractivity contribution in [2.45, 2.75) is 19.4 Å². The van der Waals surface area contributed by atoms with Gasteiger partial charge in [0.05, 0.1) is 12.1 Å². The van der Waals surface area contributed by atoms with Crippen LogP contribution in [-0.2, 0) is 9.59 Å². The maximum atomic E-state index is 12.9. The maximum Gasteiger partial charge on any atom is 0.249 e. The molecule has 29 heavy (non-hydrogen) atoms. The Morgan fingerprint density at radius 2 is 1.83 bits per heavy atom. The van der Waals surface area contributed by atoms with Crippen LogP contribution in [0.5, 0.6) is 0 Å². The number of hydrogen-bond donors (Lipinski definition) is 3. The quantitative estimate of drug-likeness (QED) is 0.635. The van der Waals surface area contributed by atoms with Crippen molar-refractivity contribution in [3.63, 3.8) is 0 Å². The minimum Gasteiger partial charge on any atom is -0.366 e. The van der Waals surface area contributed by atoms with Crippen LogP contribution in [0.4, 0.5) is 11.5 Å². The van der Waals surface area contributed by atoms with Gasteiger partial charge in [-0.1, -0.05) is 30.3 Å². The molecule has 4 rings (SSSR count). The topological polar surface area (TPSA) is 119 Å². The Labute approximate surface area is 166 Å². The van der Waals surface area contributed by atoms with E-state index >= 15 is 0 Å². The molecular weight excluding hydrogens is 370 g/mol. The number of nitrogens with one attached hydrogen (secondary N) is 2. The molecule has 0 aliphatic carbocycles. The van der Waals surface area contributed by atoms with Crippen LogP contribution in [0.2, 0.25) is 0 Å². The molecule has 1 aromatic heterocycles. The van der Waals surface area contributed by atoms with E-state index in [1.165, 1.54) is 12.1 Å². The van der Waals surface area contributed by atoms with Gasteiger partial charge in [-0.2, -0.15) is 5.10 Å². The lowest BCUT2D eigenvalue weighted by molar-refractivity contribution is -0.125. The fourth-order valence-corrected chi connectivity index (χ4v) is 3.36. The summed E-state index contributed by atoms with van der Waals surface area (Å²) in [7, 11) is 0. The molecule has 0 bridgehead atoms. The second-order valence-electron chi connectivity index (χ2n) is 6.83. The number of rotatable bonds is 4. The molecule has 0 fully saturated rings. The number of fused-ring (bicyclic) bond motifs is 1. The van der Waals surface area contributed by atoms with Crippen LogP contribution >= 0.6 is 0 Å². The van der Waals surface area contributed by atoms with Crippen molar-refractivity contribution >= 4 is 29.2 Å². The highest BCUT2D eigenvalue weighted by molar-refractivity contribution is 6.02. The second-order valence-corrected chi connectivity index (χ2v) is 6.83. The van der Waals surface area contributed by atoms with Gasteiger partial charge >= 0.3 is 0 Å². The van der Waals surface area contributed by atoms with Crippen LogP contribution in [0.25, 0.3) is 11.3 Å². The van der Waals surface area contributed by atoms with E-state index < -0.39 is 11.9 Å². The summed E-state index contributed by atoms with van der Waals surface area (Å²) in [5.74, 6) is -0.638. The van der Waals surface area contributed by atoms with E-state index in [-0.39, 0.29) is 18.2 Å². The molecule has 8 heteroatoms. The molecule has 4 N–H and O–H groups in total. The zero-order chi connectivity index (χ0) is 20.5. The van der Waals surface area contributed by atoms with Gasteiger partial charge in [-0.15, -0.1) is 0 Å². The third kappa shape index (κ3) is 3.47. The smallest absolute Gasteiger partial charge is 0.249 e. The molecule has 1 atom stereocenters. The van der Waals surface area contributed by atoms with E-state index in [4.69, 9.17) is 5.73 Å². The first kappa shape index (κ1) is 18.4. The highest BCUT2D eigenvalue weighted by atomic mass is 16.2. The van der Waals surface area contributed by atoms with Crippen molar-refractivity contribution in [2.24, 2.45) is 5.73 Å². The van der Waals surface area contributed by atoms with Gasteiger partial charge in [-0.25, -0.2) is 4.68 Å². The molecule has 0 saturated heterocycles. The Morgan fingerprint density at radius 3 is 2.48 bits per heavy atom. The summed E-state index contributed by atoms with van der Waals surface area (Å²) in [4.78, 5) is 36.3. The van der Waals surface area contributed by atoms with Gasteiger partial charge in [-0.05, 0) is 31.2 Å². The molecule has 2 aromatic carbocycles. The molecular formula is C21H19N5O3. The summed E-state index contributed by atoms with van der Waals surface area (Å²) in [6, 6.07) is 15.0. The zero-order valence-electron chi connectivity index (χ0n) is 15.7. The lowest BCUT2D eigenvalue weighted by atomic mass is 10.1. The summed E-state index contributed by atoms with van der Waals surface area (Å²) in [5.41, 5.74) is 8.50. The number of anilines is 2. The molecule has 1 aliphatic heterocycles.